The lowest BCUT2D eigenvalue weighted by Gasteiger charge is -2.16. The highest BCUT2D eigenvalue weighted by atomic mass is 15.3. The van der Waals surface area contributed by atoms with Crippen molar-refractivity contribution >= 4 is 17.8 Å². The number of nitrogens with zero attached hydrogens (tertiary/aromatic N) is 6. The van der Waals surface area contributed by atoms with E-state index in [9.17, 15) is 0 Å². The monoisotopic (exact) mass is 286 g/mol. The van der Waals surface area contributed by atoms with Crippen molar-refractivity contribution in [2.75, 3.05) is 29.0 Å². The van der Waals surface area contributed by atoms with Gasteiger partial charge in [-0.15, -0.1) is 0 Å². The van der Waals surface area contributed by atoms with Crippen LogP contribution < -0.4 is 16.0 Å². The first-order chi connectivity index (χ1) is 10.2. The highest BCUT2D eigenvalue weighted by Gasteiger charge is 2.16. The van der Waals surface area contributed by atoms with E-state index >= 15 is 0 Å². The molecule has 3 rings (SSSR count). The Labute approximate surface area is 122 Å². The topological polar surface area (TPSA) is 106 Å². The molecule has 110 valence electrons. The van der Waals surface area contributed by atoms with Crippen molar-refractivity contribution in [3.05, 3.63) is 23.8 Å². The SMILES string of the molecule is Cc1nccc(CNc2nc(N)nc(N3CCCC3)n2)n1. The molecule has 8 heteroatoms. The molecule has 8 nitrogen and oxygen atoms in total. The number of nitrogen functional groups attached to an aromatic ring is 1. The summed E-state index contributed by atoms with van der Waals surface area (Å²) in [5.41, 5.74) is 6.64. The van der Waals surface area contributed by atoms with E-state index in [2.05, 4.69) is 35.1 Å². The third-order valence-corrected chi connectivity index (χ3v) is 3.29. The molecular weight excluding hydrogens is 268 g/mol. The number of hydrogen-bond acceptors (Lipinski definition) is 8. The largest absolute Gasteiger partial charge is 0.368 e. The standard InChI is InChI=1S/C13H18N8/c1-9-15-5-4-10(17-9)8-16-12-18-11(14)19-13(20-12)21-6-2-3-7-21/h4-5H,2-3,6-8H2,1H3,(H3,14,16,18,19,20). The average molecular weight is 286 g/mol. The van der Waals surface area contributed by atoms with Crippen LogP contribution in [0.5, 0.6) is 0 Å². The summed E-state index contributed by atoms with van der Waals surface area (Å²) in [5, 5.41) is 3.13. The highest BCUT2D eigenvalue weighted by molar-refractivity contribution is 5.42. The number of nitrogens with two attached hydrogens (primary N) is 1. The van der Waals surface area contributed by atoms with Crippen LogP contribution >= 0.6 is 0 Å². The zero-order valence-corrected chi connectivity index (χ0v) is 12.0. The number of rotatable bonds is 4. The van der Waals surface area contributed by atoms with Gasteiger partial charge in [-0.25, -0.2) is 9.97 Å². The molecule has 3 heterocycles. The molecule has 0 spiro atoms. The van der Waals surface area contributed by atoms with E-state index in [0.717, 1.165) is 37.4 Å². The van der Waals surface area contributed by atoms with Crippen molar-refractivity contribution in [2.24, 2.45) is 0 Å². The van der Waals surface area contributed by atoms with E-state index in [1.165, 1.54) is 0 Å². The van der Waals surface area contributed by atoms with Gasteiger partial charge in [0.15, 0.2) is 0 Å². The molecule has 2 aromatic heterocycles. The van der Waals surface area contributed by atoms with E-state index in [-0.39, 0.29) is 5.95 Å². The maximum atomic E-state index is 5.77. The predicted molar refractivity (Wildman–Crippen MR) is 79.8 cm³/mol. The Kier molecular flexibility index (Phi) is 3.76. The van der Waals surface area contributed by atoms with Gasteiger partial charge >= 0.3 is 0 Å². The van der Waals surface area contributed by atoms with Gasteiger partial charge in [-0.3, -0.25) is 0 Å². The summed E-state index contributed by atoms with van der Waals surface area (Å²) in [7, 11) is 0. The third kappa shape index (κ3) is 3.33. The number of aryl methyl sites for hydroxylation is 1. The normalized spacial score (nSPS) is 14.4. The second-order valence-corrected chi connectivity index (χ2v) is 4.96. The van der Waals surface area contributed by atoms with Gasteiger partial charge < -0.3 is 16.0 Å². The van der Waals surface area contributed by atoms with Crippen LogP contribution in [-0.2, 0) is 6.54 Å². The maximum absolute atomic E-state index is 5.77. The van der Waals surface area contributed by atoms with Crippen molar-refractivity contribution < 1.29 is 0 Å². The molecular formula is C13H18N8. The zero-order chi connectivity index (χ0) is 14.7. The average Bonchev–Trinajstić information content (AvgIpc) is 2.99. The first-order valence-corrected chi connectivity index (χ1v) is 6.99. The Hall–Kier alpha value is -2.51. The predicted octanol–water partition coefficient (Wildman–Crippen LogP) is 0.765. The molecule has 2 aromatic rings. The minimum absolute atomic E-state index is 0.230. The molecule has 0 aliphatic carbocycles. The summed E-state index contributed by atoms with van der Waals surface area (Å²) in [6, 6.07) is 1.85. The number of anilines is 3. The van der Waals surface area contributed by atoms with Crippen LogP contribution in [0.4, 0.5) is 17.8 Å². The van der Waals surface area contributed by atoms with Gasteiger partial charge in [-0.2, -0.15) is 15.0 Å². The quantitative estimate of drug-likeness (QED) is 0.848. The molecule has 0 bridgehead atoms. The van der Waals surface area contributed by atoms with E-state index < -0.39 is 0 Å². The zero-order valence-electron chi connectivity index (χ0n) is 12.0. The van der Waals surface area contributed by atoms with Gasteiger partial charge in [0.05, 0.1) is 12.2 Å². The summed E-state index contributed by atoms with van der Waals surface area (Å²) in [5.74, 6) is 2.08. The fourth-order valence-electron chi connectivity index (χ4n) is 2.29. The van der Waals surface area contributed by atoms with Crippen molar-refractivity contribution in [1.29, 1.82) is 0 Å². The molecule has 3 N–H and O–H groups in total. The summed E-state index contributed by atoms with van der Waals surface area (Å²) in [4.78, 5) is 23.3. The molecule has 1 aliphatic rings. The molecule has 0 atom stereocenters. The van der Waals surface area contributed by atoms with E-state index in [4.69, 9.17) is 5.73 Å². The van der Waals surface area contributed by atoms with E-state index in [1.54, 1.807) is 6.20 Å². The molecule has 0 aromatic carbocycles. The lowest BCUT2D eigenvalue weighted by Crippen LogP contribution is -2.22. The molecule has 0 radical (unpaired) electrons. The van der Waals surface area contributed by atoms with Gasteiger partial charge in [0.2, 0.25) is 17.8 Å². The highest BCUT2D eigenvalue weighted by Crippen LogP contribution is 2.17. The van der Waals surface area contributed by atoms with Crippen LogP contribution in [0.15, 0.2) is 12.3 Å². The summed E-state index contributed by atoms with van der Waals surface area (Å²) < 4.78 is 0. The number of nitrogens with one attached hydrogen (secondary N) is 1. The van der Waals surface area contributed by atoms with Gasteiger partial charge in [0.25, 0.3) is 0 Å². The fraction of sp³-hybridized carbons (Fsp3) is 0.462. The minimum Gasteiger partial charge on any atom is -0.368 e. The Morgan fingerprint density at radius 3 is 2.76 bits per heavy atom. The smallest absolute Gasteiger partial charge is 0.231 e. The lowest BCUT2D eigenvalue weighted by molar-refractivity contribution is 0.875. The second kappa shape index (κ2) is 5.86. The van der Waals surface area contributed by atoms with Crippen LogP contribution in [0, 0.1) is 6.92 Å². The second-order valence-electron chi connectivity index (χ2n) is 4.96. The Morgan fingerprint density at radius 1 is 1.19 bits per heavy atom. The Morgan fingerprint density at radius 2 is 2.00 bits per heavy atom. The van der Waals surface area contributed by atoms with Crippen LogP contribution in [-0.4, -0.2) is 38.0 Å². The number of aromatic nitrogens is 5. The van der Waals surface area contributed by atoms with Gasteiger partial charge in [0.1, 0.15) is 5.82 Å². The van der Waals surface area contributed by atoms with Gasteiger partial charge in [-0.05, 0) is 25.8 Å². The Bertz CT molecular complexity index is 623. The molecule has 0 unspecified atom stereocenters. The van der Waals surface area contributed by atoms with Crippen molar-refractivity contribution in [3.63, 3.8) is 0 Å². The van der Waals surface area contributed by atoms with Crippen LogP contribution in [0.3, 0.4) is 0 Å². The summed E-state index contributed by atoms with van der Waals surface area (Å²) in [6.45, 7) is 4.31. The summed E-state index contributed by atoms with van der Waals surface area (Å²) >= 11 is 0. The third-order valence-electron chi connectivity index (χ3n) is 3.29. The molecule has 0 amide bonds. The molecule has 21 heavy (non-hydrogen) atoms. The first-order valence-electron chi connectivity index (χ1n) is 6.99. The van der Waals surface area contributed by atoms with Crippen LogP contribution in [0.25, 0.3) is 0 Å². The van der Waals surface area contributed by atoms with E-state index in [0.29, 0.717) is 18.4 Å². The molecule has 1 saturated heterocycles. The van der Waals surface area contributed by atoms with Gasteiger partial charge in [0, 0.05) is 19.3 Å². The molecule has 1 fully saturated rings. The molecule has 1 aliphatic heterocycles. The maximum Gasteiger partial charge on any atom is 0.231 e. The molecule has 0 saturated carbocycles. The van der Waals surface area contributed by atoms with E-state index in [1.807, 2.05) is 13.0 Å². The summed E-state index contributed by atoms with van der Waals surface area (Å²) in [6.07, 6.45) is 4.06. The van der Waals surface area contributed by atoms with Crippen molar-refractivity contribution in [2.45, 2.75) is 26.3 Å². The van der Waals surface area contributed by atoms with Crippen LogP contribution in [0.2, 0.25) is 0 Å². The minimum atomic E-state index is 0.230. The van der Waals surface area contributed by atoms with Gasteiger partial charge in [-0.1, -0.05) is 0 Å². The first kappa shape index (κ1) is 13.5. The lowest BCUT2D eigenvalue weighted by atomic mass is 10.4. The van der Waals surface area contributed by atoms with Crippen molar-refractivity contribution in [1.82, 2.24) is 24.9 Å². The Balaban J connectivity index is 1.72. The van der Waals surface area contributed by atoms with Crippen molar-refractivity contribution in [3.8, 4) is 0 Å². The number of hydrogen-bond donors (Lipinski definition) is 2. The van der Waals surface area contributed by atoms with Crippen LogP contribution in [0.1, 0.15) is 24.4 Å². The fourth-order valence-corrected chi connectivity index (χ4v) is 2.29.